The molecule has 0 bridgehead atoms. The first kappa shape index (κ1) is 17.4. The van der Waals surface area contributed by atoms with E-state index in [1.54, 1.807) is 24.3 Å². The zero-order valence-electron chi connectivity index (χ0n) is 13.2. The summed E-state index contributed by atoms with van der Waals surface area (Å²) in [6.07, 6.45) is 0.147. The monoisotopic (exact) mass is 325 g/mol. The normalized spacial score (nSPS) is 10.0. The summed E-state index contributed by atoms with van der Waals surface area (Å²) in [4.78, 5) is 35.1. The number of carbonyl (C=O) groups is 3. The van der Waals surface area contributed by atoms with E-state index in [1.807, 2.05) is 36.4 Å². The predicted octanol–water partition coefficient (Wildman–Crippen LogP) is 2.51. The summed E-state index contributed by atoms with van der Waals surface area (Å²) in [5.74, 6) is -0.963. The van der Waals surface area contributed by atoms with E-state index in [2.05, 4.69) is 5.32 Å². The number of ether oxygens (including phenoxy) is 1. The second-order valence-corrected chi connectivity index (χ2v) is 5.21. The van der Waals surface area contributed by atoms with Crippen LogP contribution in [0.2, 0.25) is 0 Å². The number of rotatable bonds is 8. The molecule has 0 aliphatic rings. The molecule has 0 aliphatic carbocycles. The van der Waals surface area contributed by atoms with Gasteiger partial charge >= 0.3 is 5.97 Å². The number of ketones is 1. The summed E-state index contributed by atoms with van der Waals surface area (Å²) in [5.41, 5.74) is 1.46. The van der Waals surface area contributed by atoms with Gasteiger partial charge in [0.1, 0.15) is 13.2 Å². The van der Waals surface area contributed by atoms with Gasteiger partial charge in [-0.15, -0.1) is 0 Å². The molecule has 0 fully saturated rings. The van der Waals surface area contributed by atoms with Gasteiger partial charge in [-0.25, -0.2) is 0 Å². The predicted molar refractivity (Wildman–Crippen MR) is 89.3 cm³/mol. The minimum atomic E-state index is -0.512. The third-order valence-corrected chi connectivity index (χ3v) is 3.35. The first-order valence-corrected chi connectivity index (χ1v) is 7.69. The highest BCUT2D eigenvalue weighted by molar-refractivity contribution is 5.98. The summed E-state index contributed by atoms with van der Waals surface area (Å²) in [6, 6.07) is 18.1. The molecule has 0 heterocycles. The molecule has 0 saturated heterocycles. The van der Waals surface area contributed by atoms with E-state index in [1.165, 1.54) is 0 Å². The van der Waals surface area contributed by atoms with Crippen molar-refractivity contribution in [3.63, 3.8) is 0 Å². The van der Waals surface area contributed by atoms with Gasteiger partial charge in [0.15, 0.2) is 5.78 Å². The maximum Gasteiger partial charge on any atom is 0.325 e. The minimum Gasteiger partial charge on any atom is -0.460 e. The van der Waals surface area contributed by atoms with Crippen LogP contribution < -0.4 is 5.32 Å². The van der Waals surface area contributed by atoms with Crippen molar-refractivity contribution in [2.24, 2.45) is 0 Å². The molecule has 2 aromatic carbocycles. The van der Waals surface area contributed by atoms with Gasteiger partial charge in [0.25, 0.3) is 0 Å². The van der Waals surface area contributed by atoms with Crippen molar-refractivity contribution >= 4 is 17.7 Å². The molecule has 124 valence electrons. The Labute approximate surface area is 140 Å². The highest BCUT2D eigenvalue weighted by Crippen LogP contribution is 2.05. The van der Waals surface area contributed by atoms with E-state index >= 15 is 0 Å². The zero-order chi connectivity index (χ0) is 17.2. The number of hydrogen-bond donors (Lipinski definition) is 1. The van der Waals surface area contributed by atoms with Crippen molar-refractivity contribution < 1.29 is 19.1 Å². The topological polar surface area (TPSA) is 72.5 Å². The first-order chi connectivity index (χ1) is 11.6. The van der Waals surface area contributed by atoms with Crippen molar-refractivity contribution in [1.82, 2.24) is 5.32 Å². The third-order valence-electron chi connectivity index (χ3n) is 3.35. The molecular formula is C19H19NO4. The Morgan fingerprint density at radius 1 is 0.833 bits per heavy atom. The van der Waals surface area contributed by atoms with Gasteiger partial charge in [-0.3, -0.25) is 14.4 Å². The van der Waals surface area contributed by atoms with Crippen LogP contribution in [0, 0.1) is 0 Å². The van der Waals surface area contributed by atoms with Gasteiger partial charge in [-0.2, -0.15) is 0 Å². The van der Waals surface area contributed by atoms with Gasteiger partial charge in [0, 0.05) is 18.4 Å². The highest BCUT2D eigenvalue weighted by atomic mass is 16.5. The van der Waals surface area contributed by atoms with Crippen LogP contribution in [0.3, 0.4) is 0 Å². The Balaban J connectivity index is 1.64. The Morgan fingerprint density at radius 2 is 1.46 bits per heavy atom. The number of benzene rings is 2. The van der Waals surface area contributed by atoms with Crippen molar-refractivity contribution in [2.75, 3.05) is 6.54 Å². The van der Waals surface area contributed by atoms with Crippen LogP contribution >= 0.6 is 0 Å². The Morgan fingerprint density at radius 3 is 2.12 bits per heavy atom. The Bertz CT molecular complexity index is 683. The standard InChI is InChI=1S/C19H19NO4/c21-17(16-9-5-2-6-10-16)11-12-18(22)20-13-19(23)24-14-15-7-3-1-4-8-15/h1-10H,11-14H2,(H,20,22). The van der Waals surface area contributed by atoms with E-state index in [0.717, 1.165) is 5.56 Å². The van der Waals surface area contributed by atoms with Crippen LogP contribution in [0.5, 0.6) is 0 Å². The number of nitrogens with one attached hydrogen (secondary N) is 1. The van der Waals surface area contributed by atoms with E-state index in [9.17, 15) is 14.4 Å². The lowest BCUT2D eigenvalue weighted by Crippen LogP contribution is -2.30. The summed E-state index contributed by atoms with van der Waals surface area (Å²) in [5, 5.41) is 2.46. The average Bonchev–Trinajstić information content (AvgIpc) is 2.64. The zero-order valence-corrected chi connectivity index (χ0v) is 13.2. The molecule has 0 saturated carbocycles. The smallest absolute Gasteiger partial charge is 0.325 e. The number of amides is 1. The van der Waals surface area contributed by atoms with Crippen molar-refractivity contribution in [3.8, 4) is 0 Å². The SMILES string of the molecule is O=C(CCC(=O)c1ccccc1)NCC(=O)OCc1ccccc1. The second kappa shape index (κ2) is 9.25. The summed E-state index contributed by atoms with van der Waals surface area (Å²) in [7, 11) is 0. The Kier molecular flexibility index (Phi) is 6.71. The Hall–Kier alpha value is -2.95. The number of Topliss-reactive ketones (excluding diaryl/α,β-unsaturated/α-hetero) is 1. The van der Waals surface area contributed by atoms with Crippen LogP contribution in [0.25, 0.3) is 0 Å². The quantitative estimate of drug-likeness (QED) is 0.598. The first-order valence-electron chi connectivity index (χ1n) is 7.69. The molecule has 5 nitrogen and oxygen atoms in total. The number of hydrogen-bond acceptors (Lipinski definition) is 4. The highest BCUT2D eigenvalue weighted by Gasteiger charge is 2.10. The summed E-state index contributed by atoms with van der Waals surface area (Å²) >= 11 is 0. The van der Waals surface area contributed by atoms with Crippen LogP contribution in [0.1, 0.15) is 28.8 Å². The van der Waals surface area contributed by atoms with Gasteiger partial charge in [0.2, 0.25) is 5.91 Å². The van der Waals surface area contributed by atoms with E-state index in [4.69, 9.17) is 4.74 Å². The molecule has 0 unspecified atom stereocenters. The van der Waals surface area contributed by atoms with Gasteiger partial charge < -0.3 is 10.1 Å². The van der Waals surface area contributed by atoms with E-state index in [-0.39, 0.29) is 37.7 Å². The molecule has 0 aromatic heterocycles. The van der Waals surface area contributed by atoms with Gasteiger partial charge in [0.05, 0.1) is 0 Å². The average molecular weight is 325 g/mol. The van der Waals surface area contributed by atoms with Gasteiger partial charge in [-0.1, -0.05) is 60.7 Å². The molecular weight excluding hydrogens is 306 g/mol. The lowest BCUT2D eigenvalue weighted by atomic mass is 10.1. The fourth-order valence-corrected chi connectivity index (χ4v) is 2.04. The molecule has 2 rings (SSSR count). The lowest BCUT2D eigenvalue weighted by molar-refractivity contribution is -0.145. The minimum absolute atomic E-state index is 0.0414. The summed E-state index contributed by atoms with van der Waals surface area (Å²) < 4.78 is 5.05. The maximum atomic E-state index is 11.9. The van der Waals surface area contributed by atoms with Crippen LogP contribution in [-0.4, -0.2) is 24.2 Å². The fourth-order valence-electron chi connectivity index (χ4n) is 2.04. The van der Waals surface area contributed by atoms with Crippen molar-refractivity contribution in [3.05, 3.63) is 71.8 Å². The van der Waals surface area contributed by atoms with Crippen molar-refractivity contribution in [2.45, 2.75) is 19.4 Å². The number of carbonyl (C=O) groups excluding carboxylic acids is 3. The van der Waals surface area contributed by atoms with Gasteiger partial charge in [-0.05, 0) is 5.56 Å². The molecule has 2 aromatic rings. The number of esters is 1. The summed E-state index contributed by atoms with van der Waals surface area (Å²) in [6.45, 7) is -0.0345. The molecule has 5 heteroatoms. The third kappa shape index (κ3) is 6.04. The van der Waals surface area contributed by atoms with Crippen molar-refractivity contribution in [1.29, 1.82) is 0 Å². The van der Waals surface area contributed by atoms with Crippen LogP contribution in [0.4, 0.5) is 0 Å². The molecule has 0 radical (unpaired) electrons. The molecule has 0 atom stereocenters. The molecule has 1 amide bonds. The molecule has 1 N–H and O–H groups in total. The van der Waals surface area contributed by atoms with E-state index in [0.29, 0.717) is 5.56 Å². The van der Waals surface area contributed by atoms with E-state index < -0.39 is 5.97 Å². The fraction of sp³-hybridized carbons (Fsp3) is 0.211. The van der Waals surface area contributed by atoms with Crippen LogP contribution in [0.15, 0.2) is 60.7 Å². The molecule has 0 spiro atoms. The molecule has 24 heavy (non-hydrogen) atoms. The lowest BCUT2D eigenvalue weighted by Gasteiger charge is -2.06. The van der Waals surface area contributed by atoms with Crippen LogP contribution in [-0.2, 0) is 20.9 Å². The second-order valence-electron chi connectivity index (χ2n) is 5.21. The largest absolute Gasteiger partial charge is 0.460 e. The maximum absolute atomic E-state index is 11.9. The molecule has 0 aliphatic heterocycles.